The number of rotatable bonds is 25. The van der Waals surface area contributed by atoms with Gasteiger partial charge in [-0.2, -0.15) is 0 Å². The van der Waals surface area contributed by atoms with Crippen LogP contribution in [-0.4, -0.2) is 120 Å². The number of anilines is 1. The summed E-state index contributed by atoms with van der Waals surface area (Å²) in [5.74, 6) is -1.91. The molecule has 0 heterocycles. The molecule has 0 aliphatic rings. The molecule has 24 heteroatoms. The summed E-state index contributed by atoms with van der Waals surface area (Å²) in [6.07, 6.45) is -2.98. The molecular formula is C27H41BFN7O13S2. The van der Waals surface area contributed by atoms with Crippen LogP contribution in [0.1, 0.15) is 19.4 Å². The van der Waals surface area contributed by atoms with Crippen LogP contribution in [0.2, 0.25) is 0 Å². The summed E-state index contributed by atoms with van der Waals surface area (Å²) < 4.78 is 45.1. The highest BCUT2D eigenvalue weighted by Crippen LogP contribution is 2.11. The lowest BCUT2D eigenvalue weighted by Crippen LogP contribution is -2.51. The molecule has 1 aromatic rings. The molecule has 6 N–H and O–H groups in total. The van der Waals surface area contributed by atoms with Crippen molar-refractivity contribution < 1.29 is 66.7 Å². The molecule has 0 fully saturated rings. The lowest BCUT2D eigenvalue weighted by molar-refractivity contribution is -0.128. The molecule has 1 atom stereocenters. The second-order valence-electron chi connectivity index (χ2n) is 10.0. The molecule has 1 unspecified atom stereocenters. The molecule has 0 saturated heterocycles. The molecular weight excluding hydrogens is 724 g/mol. The van der Waals surface area contributed by atoms with Gasteiger partial charge in [-0.25, -0.2) is 33.1 Å². The van der Waals surface area contributed by atoms with E-state index in [2.05, 4.69) is 35.1 Å². The summed E-state index contributed by atoms with van der Waals surface area (Å²) in [6, 6.07) is 5.55. The van der Waals surface area contributed by atoms with Crippen molar-refractivity contribution in [1.82, 2.24) is 29.1 Å². The fraction of sp³-hybridized carbons (Fsp3) is 0.519. The molecule has 0 aromatic heterocycles. The normalized spacial score (nSPS) is 11.1. The third-order valence-corrected chi connectivity index (χ3v) is 7.27. The first kappa shape index (κ1) is 44.5. The van der Waals surface area contributed by atoms with Crippen molar-refractivity contribution in [2.24, 2.45) is 5.92 Å². The number of ether oxygens (including phenoxy) is 5. The molecule has 5 amide bonds. The summed E-state index contributed by atoms with van der Waals surface area (Å²) in [4.78, 5) is 84.6. The fourth-order valence-corrected chi connectivity index (χ4v) is 4.35. The fourth-order valence-electron chi connectivity index (χ4n) is 3.39. The summed E-state index contributed by atoms with van der Waals surface area (Å²) in [5.41, 5.74) is 1.19. The van der Waals surface area contributed by atoms with Crippen molar-refractivity contribution in [2.75, 3.05) is 64.5 Å². The van der Waals surface area contributed by atoms with Crippen LogP contribution < -0.4 is 30.1 Å². The van der Waals surface area contributed by atoms with Crippen LogP contribution in [0.25, 0.3) is 0 Å². The molecule has 0 bridgehead atoms. The van der Waals surface area contributed by atoms with Gasteiger partial charge in [0.15, 0.2) is 0 Å². The van der Waals surface area contributed by atoms with E-state index in [4.69, 9.17) is 18.9 Å². The zero-order chi connectivity index (χ0) is 37.9. The third kappa shape index (κ3) is 22.8. The molecule has 0 radical (unpaired) electrons. The quantitative estimate of drug-likeness (QED) is 0.0258. The number of amides is 5. The Hall–Kier alpha value is -4.52. The van der Waals surface area contributed by atoms with E-state index >= 15 is 0 Å². The maximum Gasteiger partial charge on any atom is 0.455 e. The van der Waals surface area contributed by atoms with E-state index < -0.39 is 42.0 Å². The maximum atomic E-state index is 12.8. The zero-order valence-corrected chi connectivity index (χ0v) is 29.7. The van der Waals surface area contributed by atoms with Gasteiger partial charge in [0.1, 0.15) is 32.5 Å². The van der Waals surface area contributed by atoms with E-state index in [9.17, 15) is 38.1 Å². The third-order valence-electron chi connectivity index (χ3n) is 5.77. The number of nitrogens with zero attached hydrogens (tertiary/aromatic N) is 1. The van der Waals surface area contributed by atoms with Crippen molar-refractivity contribution in [3.63, 3.8) is 0 Å². The van der Waals surface area contributed by atoms with Crippen molar-refractivity contribution in [3.05, 3.63) is 29.8 Å². The first-order chi connectivity index (χ1) is 24.4. The minimum Gasteiger partial charge on any atom is -0.469 e. The SMILES string of the molecule is BC(=O)OCc1ccc(NC(=O)CNC(=O)C(NC(=O)OCCN(CCOC=O)SNC(=O)OCCOCCNSNC(=O)OF)C(C)C)cc1. The average Bonchev–Trinajstić information content (AvgIpc) is 3.10. The van der Waals surface area contributed by atoms with Crippen molar-refractivity contribution in [1.29, 1.82) is 0 Å². The van der Waals surface area contributed by atoms with Crippen molar-refractivity contribution in [2.45, 2.75) is 26.5 Å². The van der Waals surface area contributed by atoms with E-state index in [0.717, 1.165) is 17.7 Å². The van der Waals surface area contributed by atoms with E-state index in [1.807, 2.05) is 4.72 Å². The Bertz CT molecular complexity index is 1260. The smallest absolute Gasteiger partial charge is 0.455 e. The predicted octanol–water partition coefficient (Wildman–Crippen LogP) is 0.306. The monoisotopic (exact) mass is 765 g/mol. The Kier molecular flexibility index (Phi) is 23.8. The molecule has 1 aromatic carbocycles. The van der Waals surface area contributed by atoms with E-state index in [1.165, 1.54) is 12.2 Å². The van der Waals surface area contributed by atoms with Gasteiger partial charge in [0.25, 0.3) is 6.47 Å². The number of halogens is 1. The molecule has 0 aliphatic heterocycles. The van der Waals surface area contributed by atoms with E-state index in [0.29, 0.717) is 17.8 Å². The zero-order valence-electron chi connectivity index (χ0n) is 28.1. The van der Waals surface area contributed by atoms with Gasteiger partial charge in [0.2, 0.25) is 25.5 Å². The predicted molar refractivity (Wildman–Crippen MR) is 183 cm³/mol. The average molecular weight is 766 g/mol. The Morgan fingerprint density at radius 1 is 0.902 bits per heavy atom. The molecule has 0 spiro atoms. The molecule has 284 valence electrons. The summed E-state index contributed by atoms with van der Waals surface area (Å²) in [6.45, 7) is 3.79. The Morgan fingerprint density at radius 3 is 2.27 bits per heavy atom. The number of nitrogens with one attached hydrogen (secondary N) is 6. The minimum absolute atomic E-state index is 0.0331. The van der Waals surface area contributed by atoms with Crippen molar-refractivity contribution >= 4 is 80.2 Å². The largest absolute Gasteiger partial charge is 0.469 e. The Morgan fingerprint density at radius 2 is 1.61 bits per heavy atom. The van der Waals surface area contributed by atoms with Crippen molar-refractivity contribution in [3.8, 4) is 0 Å². The van der Waals surface area contributed by atoms with Crippen LogP contribution in [0, 0.1) is 5.92 Å². The highest BCUT2D eigenvalue weighted by atomic mass is 32.2. The summed E-state index contributed by atoms with van der Waals surface area (Å²) >= 11 is 1.50. The minimum atomic E-state index is -1.27. The standard InChI is InChI=1S/C27H41BFN7O13S2/c1-18(2)22(23(39)30-15-21(38)32-20-5-3-19(4-6-20)16-48-24(28)40)33-25(41)46-12-9-36(8-11-45-17-37)51-35-26(42)47-14-13-44-10-7-31-50-34-27(43)49-29/h3-6,17-18,22,31H,7-16,28H2,1-2H3,(H,30,39)(H,32,38)(H,33,41)(H,34,43)(H,35,42). The second-order valence-corrected chi connectivity index (χ2v) is 11.6. The number of carbonyl (C=O) groups is 7. The lowest BCUT2D eigenvalue weighted by Gasteiger charge is -2.22. The molecule has 51 heavy (non-hydrogen) atoms. The highest BCUT2D eigenvalue weighted by molar-refractivity contribution is 7.96. The number of alkyl carbamates (subject to hydrolysis) is 1. The van der Waals surface area contributed by atoms with Crippen LogP contribution in [0.15, 0.2) is 24.3 Å². The molecule has 1 rings (SSSR count). The number of benzene rings is 1. The van der Waals surface area contributed by atoms with Gasteiger partial charge >= 0.3 is 18.3 Å². The van der Waals surface area contributed by atoms with Gasteiger partial charge < -0.3 is 39.6 Å². The summed E-state index contributed by atoms with van der Waals surface area (Å²) in [5, 5.41) is 7.57. The van der Waals surface area contributed by atoms with Crippen LogP contribution in [0.4, 0.5) is 29.4 Å². The second kappa shape index (κ2) is 27.2. The van der Waals surface area contributed by atoms with Gasteiger partial charge in [-0.1, -0.05) is 26.0 Å². The Balaban J connectivity index is 2.40. The van der Waals surface area contributed by atoms with Gasteiger partial charge in [-0.05, 0) is 23.6 Å². The van der Waals surface area contributed by atoms with Gasteiger partial charge in [0.05, 0.1) is 19.8 Å². The maximum absolute atomic E-state index is 12.8. The number of hydrogen-bond donors (Lipinski definition) is 6. The highest BCUT2D eigenvalue weighted by Gasteiger charge is 2.25. The van der Waals surface area contributed by atoms with E-state index in [1.54, 1.807) is 38.1 Å². The first-order valence-corrected chi connectivity index (χ1v) is 16.7. The van der Waals surface area contributed by atoms with Gasteiger partial charge in [-0.15, -0.1) is 0 Å². The summed E-state index contributed by atoms with van der Waals surface area (Å²) in [7, 11) is 1.30. The van der Waals surface area contributed by atoms with Crippen LogP contribution in [-0.2, 0) is 49.6 Å². The van der Waals surface area contributed by atoms with Gasteiger partial charge in [-0.3, -0.25) is 23.9 Å². The van der Waals surface area contributed by atoms with Gasteiger partial charge in [0, 0.05) is 54.1 Å². The first-order valence-electron chi connectivity index (χ1n) is 15.1. The lowest BCUT2D eigenvalue weighted by atomic mass is 10.0. The Labute approximate surface area is 302 Å². The van der Waals surface area contributed by atoms with E-state index in [-0.39, 0.29) is 78.2 Å². The van der Waals surface area contributed by atoms with Crippen LogP contribution in [0.5, 0.6) is 0 Å². The molecule has 0 aliphatic carbocycles. The molecule has 0 saturated carbocycles. The van der Waals surface area contributed by atoms with Crippen LogP contribution >= 0.6 is 24.3 Å². The molecule has 20 nitrogen and oxygen atoms in total. The topological polar surface area (TPSA) is 250 Å². The number of hydrogen-bond acceptors (Lipinski definition) is 17. The number of carbonyl (C=O) groups excluding carboxylic acids is 7. The van der Waals surface area contributed by atoms with Crippen LogP contribution in [0.3, 0.4) is 0 Å².